The number of aryl methyl sites for hydroxylation is 1. The Morgan fingerprint density at radius 2 is 2.50 bits per heavy atom. The number of hydrogen-bond acceptors (Lipinski definition) is 3. The zero-order valence-corrected chi connectivity index (χ0v) is 7.35. The van der Waals surface area contributed by atoms with E-state index in [1.807, 2.05) is 6.92 Å². The minimum Gasteiger partial charge on any atom is -0.297 e. The van der Waals surface area contributed by atoms with Crippen LogP contribution in [0.4, 0.5) is 0 Å². The van der Waals surface area contributed by atoms with Crippen LogP contribution in [0.15, 0.2) is 4.63 Å². The molecule has 8 heavy (non-hydrogen) atoms. The van der Waals surface area contributed by atoms with Gasteiger partial charge in [-0.05, 0) is 6.42 Å². The Morgan fingerprint density at radius 3 is 2.75 bits per heavy atom. The fourth-order valence-electron chi connectivity index (χ4n) is 0.307. The van der Waals surface area contributed by atoms with Gasteiger partial charge in [0.15, 0.2) is 0 Å². The molecular weight excluding hydrogens is 276 g/mol. The van der Waals surface area contributed by atoms with E-state index in [4.69, 9.17) is 0 Å². The summed E-state index contributed by atoms with van der Waals surface area (Å²) >= 11 is 0. The Balaban J connectivity index is 0.000000490. The zero-order valence-electron chi connectivity index (χ0n) is 4.42. The minimum atomic E-state index is 0. The van der Waals surface area contributed by atoms with Gasteiger partial charge < -0.3 is 0 Å². The third-order valence-electron chi connectivity index (χ3n) is 0.701. The molecule has 0 atom stereocenters. The molecule has 44 valence electrons. The predicted octanol–water partition coefficient (Wildman–Crippen LogP) is 0.430. The first kappa shape index (κ1) is 7.83. The summed E-state index contributed by atoms with van der Waals surface area (Å²) in [6.07, 6.45) is 3.40. The van der Waals surface area contributed by atoms with Crippen LogP contribution in [0.5, 0.6) is 0 Å². The van der Waals surface area contributed by atoms with E-state index >= 15 is 0 Å². The first-order valence-corrected chi connectivity index (χ1v) is 2.12. The number of rotatable bonds is 1. The first-order valence-electron chi connectivity index (χ1n) is 2.12. The zero-order chi connectivity index (χ0) is 5.11. The van der Waals surface area contributed by atoms with Crippen molar-refractivity contribution in [3.8, 4) is 0 Å². The molecule has 3 nitrogen and oxygen atoms in total. The maximum Gasteiger partial charge on any atom is 0 e. The molecule has 0 N–H and O–H groups in total. The SMILES string of the molecule is CCc1[c-]non1.[W]. The summed E-state index contributed by atoms with van der Waals surface area (Å²) in [7, 11) is 0. The molecule has 1 aromatic heterocycles. The van der Waals surface area contributed by atoms with Crippen LogP contribution in [-0.2, 0) is 27.5 Å². The maximum atomic E-state index is 4.25. The number of hydrogen-bond donors (Lipinski definition) is 0. The summed E-state index contributed by atoms with van der Waals surface area (Å²) in [5.74, 6) is 0. The van der Waals surface area contributed by atoms with Gasteiger partial charge in [-0.25, -0.2) is 0 Å². The summed E-state index contributed by atoms with van der Waals surface area (Å²) in [5.41, 5.74) is 0.778. The summed E-state index contributed by atoms with van der Waals surface area (Å²) in [5, 5.41) is 6.77. The molecule has 1 aromatic rings. The van der Waals surface area contributed by atoms with Crippen LogP contribution in [0.2, 0.25) is 0 Å². The van der Waals surface area contributed by atoms with Crippen molar-refractivity contribution in [1.29, 1.82) is 0 Å². The Kier molecular flexibility index (Phi) is 3.70. The summed E-state index contributed by atoms with van der Waals surface area (Å²) in [6, 6.07) is 0. The Bertz CT molecular complexity index is 129. The molecule has 0 saturated heterocycles. The van der Waals surface area contributed by atoms with Crippen LogP contribution in [0.3, 0.4) is 0 Å². The maximum absolute atomic E-state index is 4.25. The van der Waals surface area contributed by atoms with E-state index in [2.05, 4.69) is 21.1 Å². The molecule has 0 aliphatic rings. The third kappa shape index (κ3) is 1.74. The Hall–Kier alpha value is -0.172. The van der Waals surface area contributed by atoms with Gasteiger partial charge in [-0.2, -0.15) is 0 Å². The molecule has 0 saturated carbocycles. The second-order valence-electron chi connectivity index (χ2n) is 1.18. The Morgan fingerprint density at radius 1 is 1.75 bits per heavy atom. The molecule has 0 amide bonds. The largest absolute Gasteiger partial charge is 0.297 e. The topological polar surface area (TPSA) is 38.9 Å². The molecule has 0 spiro atoms. The molecule has 4 heteroatoms. The molecule has 1 heterocycles. The quantitative estimate of drug-likeness (QED) is 0.701. The van der Waals surface area contributed by atoms with E-state index in [0.29, 0.717) is 0 Å². The van der Waals surface area contributed by atoms with E-state index < -0.39 is 0 Å². The van der Waals surface area contributed by atoms with Crippen LogP contribution in [0, 0.1) is 6.20 Å². The molecule has 0 aliphatic carbocycles. The number of aromatic nitrogens is 2. The summed E-state index contributed by atoms with van der Waals surface area (Å²) in [4.78, 5) is 0. The van der Waals surface area contributed by atoms with Crippen molar-refractivity contribution in [1.82, 2.24) is 10.3 Å². The first-order chi connectivity index (χ1) is 3.43. The summed E-state index contributed by atoms with van der Waals surface area (Å²) in [6.45, 7) is 1.97. The second-order valence-corrected chi connectivity index (χ2v) is 1.18. The van der Waals surface area contributed by atoms with Crippen molar-refractivity contribution in [3.05, 3.63) is 11.9 Å². The summed E-state index contributed by atoms with van der Waals surface area (Å²) < 4.78 is 4.25. The van der Waals surface area contributed by atoms with Gasteiger partial charge >= 0.3 is 0 Å². The van der Waals surface area contributed by atoms with Crippen LogP contribution in [0.1, 0.15) is 12.6 Å². The van der Waals surface area contributed by atoms with Gasteiger partial charge in [0.1, 0.15) is 0 Å². The Labute approximate surface area is 61.7 Å². The van der Waals surface area contributed by atoms with Gasteiger partial charge in [0.25, 0.3) is 0 Å². The van der Waals surface area contributed by atoms with Crippen molar-refractivity contribution < 1.29 is 25.7 Å². The second kappa shape index (κ2) is 3.78. The predicted molar refractivity (Wildman–Crippen MR) is 22.5 cm³/mol. The molecule has 0 aliphatic heterocycles. The van der Waals surface area contributed by atoms with Crippen LogP contribution >= 0.6 is 0 Å². The van der Waals surface area contributed by atoms with Crippen LogP contribution in [-0.4, -0.2) is 10.3 Å². The fraction of sp³-hybridized carbons (Fsp3) is 0.500. The minimum absolute atomic E-state index is 0. The van der Waals surface area contributed by atoms with E-state index in [-0.39, 0.29) is 21.1 Å². The van der Waals surface area contributed by atoms with Crippen molar-refractivity contribution in [3.63, 3.8) is 0 Å². The molecule has 0 bridgehead atoms. The van der Waals surface area contributed by atoms with Crippen LogP contribution in [0.25, 0.3) is 0 Å². The number of nitrogens with zero attached hydrogens (tertiary/aromatic N) is 2. The fourth-order valence-corrected chi connectivity index (χ4v) is 0.307. The van der Waals surface area contributed by atoms with E-state index in [1.54, 1.807) is 0 Å². The van der Waals surface area contributed by atoms with E-state index in [9.17, 15) is 0 Å². The molecular formula is C4H5N2OW-. The van der Waals surface area contributed by atoms with Crippen molar-refractivity contribution in [2.24, 2.45) is 0 Å². The average molecular weight is 281 g/mol. The molecule has 0 aromatic carbocycles. The molecule has 1 rings (SSSR count). The van der Waals surface area contributed by atoms with Gasteiger partial charge in [-0.3, -0.25) is 16.0 Å². The van der Waals surface area contributed by atoms with Crippen LogP contribution < -0.4 is 0 Å². The van der Waals surface area contributed by atoms with E-state index in [0.717, 1.165) is 12.1 Å². The van der Waals surface area contributed by atoms with Crippen molar-refractivity contribution >= 4 is 0 Å². The monoisotopic (exact) mass is 281 g/mol. The standard InChI is InChI=1S/C4H5N2O.W/c1-2-4-3-5-7-6-4;/h2H2,1H3;/q-1;. The average Bonchev–Trinajstić information content (AvgIpc) is 2.14. The molecule has 0 unspecified atom stereocenters. The molecule has 0 radical (unpaired) electrons. The van der Waals surface area contributed by atoms with Gasteiger partial charge in [0.05, 0.1) is 0 Å². The normalized spacial score (nSPS) is 8.12. The van der Waals surface area contributed by atoms with Gasteiger partial charge in [0.2, 0.25) is 0 Å². The van der Waals surface area contributed by atoms with Crippen molar-refractivity contribution in [2.45, 2.75) is 13.3 Å². The smallest absolute Gasteiger partial charge is 0 e. The van der Waals surface area contributed by atoms with Gasteiger partial charge in [0, 0.05) is 21.1 Å². The van der Waals surface area contributed by atoms with Crippen molar-refractivity contribution in [2.75, 3.05) is 0 Å². The van der Waals surface area contributed by atoms with Gasteiger partial charge in [-0.1, -0.05) is 17.8 Å². The van der Waals surface area contributed by atoms with Gasteiger partial charge in [-0.15, -0.1) is 0 Å². The van der Waals surface area contributed by atoms with E-state index in [1.165, 1.54) is 0 Å². The third-order valence-corrected chi connectivity index (χ3v) is 0.701. The molecule has 0 fully saturated rings.